The van der Waals surface area contributed by atoms with Crippen LogP contribution in [0.4, 0.5) is 0 Å². The number of ether oxygens (including phenoxy) is 3. The van der Waals surface area contributed by atoms with Crippen LogP contribution < -0.4 is 0 Å². The van der Waals surface area contributed by atoms with Crippen LogP contribution >= 0.6 is 0 Å². The lowest BCUT2D eigenvalue weighted by atomic mass is 10.1. The van der Waals surface area contributed by atoms with E-state index in [4.69, 9.17) is 14.2 Å². The highest BCUT2D eigenvalue weighted by Crippen LogP contribution is 2.31. The van der Waals surface area contributed by atoms with Gasteiger partial charge in [0.2, 0.25) is 0 Å². The zero-order chi connectivity index (χ0) is 12.3. The minimum absolute atomic E-state index is 0.0549. The van der Waals surface area contributed by atoms with Gasteiger partial charge in [0.15, 0.2) is 5.79 Å². The Bertz CT molecular complexity index is 293. The van der Waals surface area contributed by atoms with Gasteiger partial charge in [0.25, 0.3) is 0 Å². The average Bonchev–Trinajstić information content (AvgIpc) is 2.40. The van der Waals surface area contributed by atoms with E-state index in [2.05, 4.69) is 0 Å². The average molecular weight is 228 g/mol. The Kier molecular flexibility index (Phi) is 4.10. The summed E-state index contributed by atoms with van der Waals surface area (Å²) >= 11 is 0. The second kappa shape index (κ2) is 4.97. The van der Waals surface area contributed by atoms with Gasteiger partial charge in [0.05, 0.1) is 12.7 Å². The molecule has 1 fully saturated rings. The molecule has 0 aliphatic carbocycles. The lowest BCUT2D eigenvalue weighted by Gasteiger charge is -2.17. The van der Waals surface area contributed by atoms with Crippen molar-refractivity contribution in [2.45, 2.75) is 52.6 Å². The van der Waals surface area contributed by atoms with Crippen LogP contribution in [0.2, 0.25) is 0 Å². The molecule has 0 aromatic rings. The maximum atomic E-state index is 11.3. The van der Waals surface area contributed by atoms with Crippen molar-refractivity contribution in [1.29, 1.82) is 0 Å². The molecule has 16 heavy (non-hydrogen) atoms. The smallest absolute Gasteiger partial charge is 0.330 e. The van der Waals surface area contributed by atoms with Gasteiger partial charge in [-0.2, -0.15) is 0 Å². The van der Waals surface area contributed by atoms with Crippen LogP contribution in [-0.4, -0.2) is 30.6 Å². The van der Waals surface area contributed by atoms with Gasteiger partial charge in [-0.3, -0.25) is 0 Å². The van der Waals surface area contributed by atoms with Crippen molar-refractivity contribution >= 4 is 5.97 Å². The maximum absolute atomic E-state index is 11.3. The van der Waals surface area contributed by atoms with Gasteiger partial charge in [0.1, 0.15) is 6.10 Å². The predicted octanol–water partition coefficient (Wildman–Crippen LogP) is 2.04. The lowest BCUT2D eigenvalue weighted by molar-refractivity contribution is -0.143. The van der Waals surface area contributed by atoms with Crippen molar-refractivity contribution in [3.63, 3.8) is 0 Å². The molecule has 4 heteroatoms. The Morgan fingerprint density at radius 3 is 2.50 bits per heavy atom. The minimum atomic E-state index is -0.589. The van der Waals surface area contributed by atoms with E-state index in [9.17, 15) is 4.79 Å². The zero-order valence-corrected chi connectivity index (χ0v) is 10.6. The Labute approximate surface area is 96.6 Å². The highest BCUT2D eigenvalue weighted by atomic mass is 16.7. The fourth-order valence-electron chi connectivity index (χ4n) is 1.85. The molecular formula is C12H20O4. The first-order chi connectivity index (χ1) is 7.35. The van der Waals surface area contributed by atoms with Gasteiger partial charge in [-0.05, 0) is 40.2 Å². The summed E-state index contributed by atoms with van der Waals surface area (Å²) in [5, 5.41) is 0. The number of carbonyl (C=O) groups excluding carboxylic acids is 1. The van der Waals surface area contributed by atoms with Crippen LogP contribution in [0.3, 0.4) is 0 Å². The molecule has 4 nitrogen and oxygen atoms in total. The molecule has 0 amide bonds. The number of rotatable bonds is 3. The van der Waals surface area contributed by atoms with Crippen LogP contribution in [-0.2, 0) is 19.0 Å². The number of hydrogen-bond donors (Lipinski definition) is 0. The summed E-state index contributed by atoms with van der Waals surface area (Å²) in [4.78, 5) is 11.3. The molecular weight excluding hydrogens is 208 g/mol. The molecule has 0 saturated carbocycles. The summed E-state index contributed by atoms with van der Waals surface area (Å²) in [5.41, 5.74) is 0.830. The monoisotopic (exact) mass is 228 g/mol. The van der Waals surface area contributed by atoms with Gasteiger partial charge < -0.3 is 14.2 Å². The van der Waals surface area contributed by atoms with Crippen molar-refractivity contribution in [3.05, 3.63) is 11.6 Å². The molecule has 2 atom stereocenters. The Balaban J connectivity index is 2.67. The van der Waals surface area contributed by atoms with E-state index in [1.807, 2.05) is 27.7 Å². The maximum Gasteiger partial charge on any atom is 0.330 e. The quantitative estimate of drug-likeness (QED) is 0.547. The topological polar surface area (TPSA) is 44.8 Å². The van der Waals surface area contributed by atoms with Crippen LogP contribution in [0.5, 0.6) is 0 Å². The number of hydrogen-bond acceptors (Lipinski definition) is 4. The second-order valence-electron chi connectivity index (χ2n) is 4.40. The first-order valence-electron chi connectivity index (χ1n) is 5.56. The van der Waals surface area contributed by atoms with E-state index >= 15 is 0 Å². The van der Waals surface area contributed by atoms with Crippen LogP contribution in [0.15, 0.2) is 11.6 Å². The van der Waals surface area contributed by atoms with E-state index in [0.29, 0.717) is 6.61 Å². The molecule has 0 spiro atoms. The van der Waals surface area contributed by atoms with Crippen LogP contribution in [0.1, 0.15) is 34.6 Å². The third kappa shape index (κ3) is 3.32. The van der Waals surface area contributed by atoms with Crippen molar-refractivity contribution in [2.75, 3.05) is 6.61 Å². The third-order valence-corrected chi connectivity index (χ3v) is 2.39. The Hall–Kier alpha value is -0.870. The van der Waals surface area contributed by atoms with E-state index in [0.717, 1.165) is 5.57 Å². The van der Waals surface area contributed by atoms with Gasteiger partial charge >= 0.3 is 5.97 Å². The van der Waals surface area contributed by atoms with Gasteiger partial charge in [-0.25, -0.2) is 4.79 Å². The molecule has 1 aliphatic heterocycles. The molecule has 0 aromatic heterocycles. The molecule has 0 aromatic carbocycles. The van der Waals surface area contributed by atoms with Crippen molar-refractivity contribution < 1.29 is 19.0 Å². The summed E-state index contributed by atoms with van der Waals surface area (Å²) in [5.74, 6) is -0.922. The standard InChI is InChI=1S/C12H20O4/c1-6-14-10(13)7-8(2)11-9(3)15-12(4,5)16-11/h7,9,11H,6H2,1-5H3/b8-7+/t9-,11-/m1/s1. The highest BCUT2D eigenvalue weighted by Gasteiger charge is 2.39. The van der Waals surface area contributed by atoms with Gasteiger partial charge in [-0.15, -0.1) is 0 Å². The first kappa shape index (κ1) is 13.2. The predicted molar refractivity (Wildman–Crippen MR) is 59.9 cm³/mol. The summed E-state index contributed by atoms with van der Waals surface area (Å²) in [6.45, 7) is 9.67. The minimum Gasteiger partial charge on any atom is -0.463 e. The fraction of sp³-hybridized carbons (Fsp3) is 0.750. The largest absolute Gasteiger partial charge is 0.463 e. The molecule has 0 N–H and O–H groups in total. The molecule has 1 saturated heterocycles. The van der Waals surface area contributed by atoms with Crippen molar-refractivity contribution in [2.24, 2.45) is 0 Å². The van der Waals surface area contributed by atoms with Crippen molar-refractivity contribution in [3.8, 4) is 0 Å². The Morgan fingerprint density at radius 2 is 2.06 bits per heavy atom. The van der Waals surface area contributed by atoms with E-state index in [1.54, 1.807) is 6.92 Å². The molecule has 0 radical (unpaired) electrons. The van der Waals surface area contributed by atoms with Gasteiger partial charge in [0, 0.05) is 6.08 Å². The van der Waals surface area contributed by atoms with E-state index in [-0.39, 0.29) is 18.2 Å². The highest BCUT2D eigenvalue weighted by molar-refractivity contribution is 5.82. The summed E-state index contributed by atoms with van der Waals surface area (Å²) in [6.07, 6.45) is 1.23. The normalized spacial score (nSPS) is 29.2. The lowest BCUT2D eigenvalue weighted by Crippen LogP contribution is -2.22. The van der Waals surface area contributed by atoms with Crippen LogP contribution in [0, 0.1) is 0 Å². The summed E-state index contributed by atoms with van der Waals surface area (Å²) in [6, 6.07) is 0. The van der Waals surface area contributed by atoms with Crippen molar-refractivity contribution in [1.82, 2.24) is 0 Å². The zero-order valence-electron chi connectivity index (χ0n) is 10.6. The fourth-order valence-corrected chi connectivity index (χ4v) is 1.85. The van der Waals surface area contributed by atoms with E-state index < -0.39 is 5.79 Å². The first-order valence-corrected chi connectivity index (χ1v) is 5.56. The third-order valence-electron chi connectivity index (χ3n) is 2.39. The second-order valence-corrected chi connectivity index (χ2v) is 4.40. The molecule has 0 bridgehead atoms. The number of esters is 1. The Morgan fingerprint density at radius 1 is 1.44 bits per heavy atom. The van der Waals surface area contributed by atoms with E-state index in [1.165, 1.54) is 6.08 Å². The molecule has 0 unspecified atom stereocenters. The van der Waals surface area contributed by atoms with Gasteiger partial charge in [-0.1, -0.05) is 0 Å². The molecule has 92 valence electrons. The summed E-state index contributed by atoms with van der Waals surface area (Å²) in [7, 11) is 0. The van der Waals surface area contributed by atoms with Crippen LogP contribution in [0.25, 0.3) is 0 Å². The molecule has 1 aliphatic rings. The summed E-state index contributed by atoms with van der Waals surface area (Å²) < 4.78 is 16.2. The SMILES string of the molecule is CCOC(=O)/C=C(\C)[C@H]1OC(C)(C)O[C@@H]1C. The number of carbonyl (C=O) groups is 1. The molecule has 1 heterocycles. The molecule has 1 rings (SSSR count).